The molecule has 5 N–H and O–H groups in total. The lowest BCUT2D eigenvalue weighted by atomic mass is 10.0. The molecule has 0 fully saturated rings. The molecule has 130 valence electrons. The van der Waals surface area contributed by atoms with Gasteiger partial charge in [-0.1, -0.05) is 24.3 Å². The van der Waals surface area contributed by atoms with Gasteiger partial charge >= 0.3 is 11.9 Å². The van der Waals surface area contributed by atoms with Gasteiger partial charge in [-0.15, -0.1) is 0 Å². The number of rotatable bonds is 5. The first-order valence-electron chi connectivity index (χ1n) is 7.51. The highest BCUT2D eigenvalue weighted by atomic mass is 16.4. The summed E-state index contributed by atoms with van der Waals surface area (Å²) in [5.74, 6) is -1.85. The van der Waals surface area contributed by atoms with E-state index >= 15 is 0 Å². The van der Waals surface area contributed by atoms with Crippen LogP contribution in [-0.4, -0.2) is 32.1 Å². The lowest BCUT2D eigenvalue weighted by Gasteiger charge is -2.10. The van der Waals surface area contributed by atoms with Crippen LogP contribution in [0.25, 0.3) is 11.1 Å². The molecule has 0 aliphatic rings. The SMILES string of the molecule is Nc1nc(Nc2cccc(C(=O)O)c2)ncc1-c1ccccc1C(=O)O. The van der Waals surface area contributed by atoms with E-state index < -0.39 is 11.9 Å². The average Bonchev–Trinajstić information content (AvgIpc) is 2.62. The van der Waals surface area contributed by atoms with E-state index in [-0.39, 0.29) is 22.9 Å². The Hall–Kier alpha value is -3.94. The smallest absolute Gasteiger partial charge is 0.336 e. The minimum atomic E-state index is -1.08. The number of nitrogens with two attached hydrogens (primary N) is 1. The van der Waals surface area contributed by atoms with E-state index in [0.717, 1.165) is 0 Å². The van der Waals surface area contributed by atoms with Crippen LogP contribution in [0.1, 0.15) is 20.7 Å². The number of carboxylic acids is 2. The van der Waals surface area contributed by atoms with Gasteiger partial charge in [0.2, 0.25) is 5.95 Å². The van der Waals surface area contributed by atoms with Crippen molar-refractivity contribution in [1.82, 2.24) is 9.97 Å². The van der Waals surface area contributed by atoms with Crippen molar-refractivity contribution in [3.8, 4) is 11.1 Å². The van der Waals surface area contributed by atoms with Crippen molar-refractivity contribution in [3.05, 3.63) is 65.9 Å². The normalized spacial score (nSPS) is 10.3. The summed E-state index contributed by atoms with van der Waals surface area (Å²) >= 11 is 0. The second-order valence-corrected chi connectivity index (χ2v) is 5.35. The summed E-state index contributed by atoms with van der Waals surface area (Å²) in [4.78, 5) is 30.7. The van der Waals surface area contributed by atoms with Gasteiger partial charge < -0.3 is 21.3 Å². The van der Waals surface area contributed by atoms with Gasteiger partial charge in [-0.05, 0) is 24.3 Å². The highest BCUT2D eigenvalue weighted by Gasteiger charge is 2.15. The minimum absolute atomic E-state index is 0.0951. The van der Waals surface area contributed by atoms with Gasteiger partial charge in [0.1, 0.15) is 5.82 Å². The van der Waals surface area contributed by atoms with Crippen molar-refractivity contribution < 1.29 is 19.8 Å². The highest BCUT2D eigenvalue weighted by Crippen LogP contribution is 2.28. The number of nitrogens with zero attached hydrogens (tertiary/aromatic N) is 2. The molecule has 0 spiro atoms. The van der Waals surface area contributed by atoms with Crippen LogP contribution in [0, 0.1) is 0 Å². The van der Waals surface area contributed by atoms with Crippen molar-refractivity contribution in [2.24, 2.45) is 0 Å². The number of aromatic carboxylic acids is 2. The number of anilines is 3. The van der Waals surface area contributed by atoms with Gasteiger partial charge in [-0.2, -0.15) is 4.98 Å². The molecule has 0 aliphatic heterocycles. The van der Waals surface area contributed by atoms with Gasteiger partial charge in [0.25, 0.3) is 0 Å². The average molecular weight is 350 g/mol. The molecule has 1 heterocycles. The lowest BCUT2D eigenvalue weighted by molar-refractivity contribution is 0.0686. The molecule has 3 rings (SSSR count). The topological polar surface area (TPSA) is 138 Å². The molecule has 3 aromatic rings. The second kappa shape index (κ2) is 6.89. The molecular formula is C18H14N4O4. The van der Waals surface area contributed by atoms with Crippen LogP contribution in [0.2, 0.25) is 0 Å². The van der Waals surface area contributed by atoms with Crippen LogP contribution in [0.4, 0.5) is 17.5 Å². The van der Waals surface area contributed by atoms with Crippen LogP contribution < -0.4 is 11.1 Å². The van der Waals surface area contributed by atoms with Crippen LogP contribution in [-0.2, 0) is 0 Å². The quantitative estimate of drug-likeness (QED) is 0.551. The summed E-state index contributed by atoms with van der Waals surface area (Å²) in [6.45, 7) is 0. The first-order valence-corrected chi connectivity index (χ1v) is 7.51. The number of hydrogen-bond donors (Lipinski definition) is 4. The lowest BCUT2D eigenvalue weighted by Crippen LogP contribution is -2.05. The molecule has 0 saturated heterocycles. The van der Waals surface area contributed by atoms with E-state index in [9.17, 15) is 14.7 Å². The molecule has 2 aromatic carbocycles. The fraction of sp³-hybridized carbons (Fsp3) is 0. The van der Waals surface area contributed by atoms with E-state index in [2.05, 4.69) is 15.3 Å². The molecular weight excluding hydrogens is 336 g/mol. The van der Waals surface area contributed by atoms with E-state index in [4.69, 9.17) is 10.8 Å². The summed E-state index contributed by atoms with van der Waals surface area (Å²) in [5, 5.41) is 21.2. The predicted molar refractivity (Wildman–Crippen MR) is 95.5 cm³/mol. The maximum atomic E-state index is 11.4. The number of hydrogen-bond acceptors (Lipinski definition) is 6. The maximum absolute atomic E-state index is 11.4. The standard InChI is InChI=1S/C18H14N4O4/c19-15-14(12-6-1-2-7-13(12)17(25)26)9-20-18(22-15)21-11-5-3-4-10(8-11)16(23)24/h1-9H,(H,23,24)(H,25,26)(H3,19,20,21,22). The van der Waals surface area contributed by atoms with Crippen molar-refractivity contribution in [1.29, 1.82) is 0 Å². The van der Waals surface area contributed by atoms with Crippen molar-refractivity contribution in [3.63, 3.8) is 0 Å². The molecule has 8 heteroatoms. The summed E-state index contributed by atoms with van der Waals surface area (Å²) < 4.78 is 0. The molecule has 26 heavy (non-hydrogen) atoms. The number of carboxylic acid groups (broad SMARTS) is 2. The zero-order valence-electron chi connectivity index (χ0n) is 13.4. The largest absolute Gasteiger partial charge is 0.478 e. The first kappa shape index (κ1) is 16.9. The van der Waals surface area contributed by atoms with Gasteiger partial charge in [-0.25, -0.2) is 14.6 Å². The fourth-order valence-electron chi connectivity index (χ4n) is 2.43. The van der Waals surface area contributed by atoms with Crippen LogP contribution in [0.5, 0.6) is 0 Å². The van der Waals surface area contributed by atoms with Crippen molar-refractivity contribution in [2.75, 3.05) is 11.1 Å². The number of carbonyl (C=O) groups is 2. The van der Waals surface area contributed by atoms with Gasteiger partial charge in [0.15, 0.2) is 0 Å². The molecule has 0 bridgehead atoms. The van der Waals surface area contributed by atoms with Crippen LogP contribution >= 0.6 is 0 Å². The maximum Gasteiger partial charge on any atom is 0.336 e. The van der Waals surface area contributed by atoms with E-state index in [1.165, 1.54) is 24.4 Å². The Morgan fingerprint density at radius 3 is 2.42 bits per heavy atom. The number of nitrogens with one attached hydrogen (secondary N) is 1. The van der Waals surface area contributed by atoms with Crippen molar-refractivity contribution in [2.45, 2.75) is 0 Å². The van der Waals surface area contributed by atoms with Crippen molar-refractivity contribution >= 4 is 29.4 Å². The second-order valence-electron chi connectivity index (χ2n) is 5.35. The van der Waals surface area contributed by atoms with Gasteiger partial charge in [0.05, 0.1) is 11.1 Å². The van der Waals surface area contributed by atoms with E-state index in [0.29, 0.717) is 16.8 Å². The molecule has 0 amide bonds. The Balaban J connectivity index is 1.93. The summed E-state index contributed by atoms with van der Waals surface area (Å²) in [5.41, 5.74) is 7.49. The number of benzene rings is 2. The van der Waals surface area contributed by atoms with Gasteiger partial charge in [0, 0.05) is 23.0 Å². The van der Waals surface area contributed by atoms with E-state index in [1.807, 2.05) is 0 Å². The third kappa shape index (κ3) is 3.44. The Bertz CT molecular complexity index is 1000. The van der Waals surface area contributed by atoms with Crippen LogP contribution in [0.15, 0.2) is 54.7 Å². The third-order valence-corrected chi connectivity index (χ3v) is 3.63. The molecule has 0 unspecified atom stereocenters. The zero-order valence-corrected chi connectivity index (χ0v) is 13.4. The Morgan fingerprint density at radius 1 is 0.962 bits per heavy atom. The monoisotopic (exact) mass is 350 g/mol. The summed E-state index contributed by atoms with van der Waals surface area (Å²) in [6, 6.07) is 12.6. The zero-order chi connectivity index (χ0) is 18.7. The number of aromatic nitrogens is 2. The third-order valence-electron chi connectivity index (χ3n) is 3.63. The Morgan fingerprint density at radius 2 is 1.73 bits per heavy atom. The predicted octanol–water partition coefficient (Wildman–Crippen LogP) is 2.87. The van der Waals surface area contributed by atoms with Crippen LogP contribution in [0.3, 0.4) is 0 Å². The molecule has 8 nitrogen and oxygen atoms in total. The van der Waals surface area contributed by atoms with E-state index in [1.54, 1.807) is 30.3 Å². The summed E-state index contributed by atoms with van der Waals surface area (Å²) in [7, 11) is 0. The Labute approximate surface area is 148 Å². The first-order chi connectivity index (χ1) is 12.5. The minimum Gasteiger partial charge on any atom is -0.478 e. The fourth-order valence-corrected chi connectivity index (χ4v) is 2.43. The number of nitrogen functional groups attached to an aromatic ring is 1. The summed E-state index contributed by atoms with van der Waals surface area (Å²) in [6.07, 6.45) is 1.42. The Kier molecular flexibility index (Phi) is 4.48. The highest BCUT2D eigenvalue weighted by molar-refractivity contribution is 5.97. The molecule has 0 radical (unpaired) electrons. The molecule has 1 aromatic heterocycles. The molecule has 0 atom stereocenters. The van der Waals surface area contributed by atoms with Gasteiger partial charge in [-0.3, -0.25) is 0 Å². The molecule has 0 saturated carbocycles. The molecule has 0 aliphatic carbocycles.